The maximum absolute atomic E-state index is 9.25. The smallest absolute Gasteiger partial charge is 0.103 e. The van der Waals surface area contributed by atoms with Gasteiger partial charge in [-0.15, -0.1) is 0 Å². The first-order chi connectivity index (χ1) is 10.0. The first kappa shape index (κ1) is 18.5. The van der Waals surface area contributed by atoms with Crippen molar-refractivity contribution in [2.24, 2.45) is 5.92 Å². The average Bonchev–Trinajstić information content (AvgIpc) is 2.51. The predicted octanol–water partition coefficient (Wildman–Crippen LogP) is 3.95. The fourth-order valence-electron chi connectivity index (χ4n) is 3.59. The Morgan fingerprint density at radius 2 is 1.86 bits per heavy atom. The van der Waals surface area contributed by atoms with E-state index in [1.807, 2.05) is 6.92 Å². The number of nitrogens with one attached hydrogen (secondary N) is 1. The lowest BCUT2D eigenvalue weighted by Crippen LogP contribution is -2.41. The van der Waals surface area contributed by atoms with Crippen LogP contribution < -0.4 is 5.32 Å². The molecule has 1 saturated carbocycles. The van der Waals surface area contributed by atoms with Crippen LogP contribution in [-0.4, -0.2) is 36.6 Å². The van der Waals surface area contributed by atoms with Crippen LogP contribution in [0.1, 0.15) is 72.1 Å². The van der Waals surface area contributed by atoms with Gasteiger partial charge in [0.1, 0.15) is 5.54 Å². The summed E-state index contributed by atoms with van der Waals surface area (Å²) >= 11 is 0. The van der Waals surface area contributed by atoms with Gasteiger partial charge in [0.15, 0.2) is 0 Å². The lowest BCUT2D eigenvalue weighted by atomic mass is 9.84. The van der Waals surface area contributed by atoms with Crippen LogP contribution in [0.3, 0.4) is 0 Å². The Labute approximate surface area is 132 Å². The van der Waals surface area contributed by atoms with E-state index < -0.39 is 0 Å². The zero-order chi connectivity index (χ0) is 15.7. The third-order valence-electron chi connectivity index (χ3n) is 5.27. The van der Waals surface area contributed by atoms with Gasteiger partial charge in [-0.05, 0) is 77.9 Å². The minimum atomic E-state index is -0.341. The van der Waals surface area contributed by atoms with Gasteiger partial charge in [0.05, 0.1) is 6.07 Å². The molecule has 0 amide bonds. The Morgan fingerprint density at radius 1 is 1.19 bits per heavy atom. The third-order valence-corrected chi connectivity index (χ3v) is 5.27. The van der Waals surface area contributed by atoms with E-state index in [1.165, 1.54) is 45.1 Å². The SMILES string of the molecule is CCNC(C)(C#N)CCCCN(C)C1CCC(CC)CC1. The van der Waals surface area contributed by atoms with E-state index in [-0.39, 0.29) is 5.54 Å². The van der Waals surface area contributed by atoms with Gasteiger partial charge in [-0.2, -0.15) is 5.26 Å². The summed E-state index contributed by atoms with van der Waals surface area (Å²) in [4.78, 5) is 2.56. The number of nitriles is 1. The normalized spacial score (nSPS) is 25.5. The number of hydrogen-bond acceptors (Lipinski definition) is 3. The van der Waals surface area contributed by atoms with Gasteiger partial charge >= 0.3 is 0 Å². The maximum atomic E-state index is 9.25. The molecule has 0 radical (unpaired) electrons. The third kappa shape index (κ3) is 6.36. The predicted molar refractivity (Wildman–Crippen MR) is 90.2 cm³/mol. The Morgan fingerprint density at radius 3 is 2.38 bits per heavy atom. The highest BCUT2D eigenvalue weighted by Gasteiger charge is 2.24. The zero-order valence-electron chi connectivity index (χ0n) is 14.6. The molecule has 0 aromatic rings. The summed E-state index contributed by atoms with van der Waals surface area (Å²) in [5, 5.41) is 12.6. The van der Waals surface area contributed by atoms with Gasteiger partial charge < -0.3 is 4.90 Å². The molecule has 21 heavy (non-hydrogen) atoms. The van der Waals surface area contributed by atoms with Crippen molar-refractivity contribution in [1.82, 2.24) is 10.2 Å². The van der Waals surface area contributed by atoms with E-state index in [0.29, 0.717) is 0 Å². The molecule has 3 heteroatoms. The molecule has 122 valence electrons. The molecule has 0 saturated heterocycles. The van der Waals surface area contributed by atoms with Crippen molar-refractivity contribution in [2.45, 2.75) is 83.7 Å². The lowest BCUT2D eigenvalue weighted by molar-refractivity contribution is 0.160. The second-order valence-corrected chi connectivity index (χ2v) is 6.99. The quantitative estimate of drug-likeness (QED) is 0.654. The monoisotopic (exact) mass is 293 g/mol. The molecule has 3 nitrogen and oxygen atoms in total. The first-order valence-corrected chi connectivity index (χ1v) is 8.91. The topological polar surface area (TPSA) is 39.1 Å². The fraction of sp³-hybridized carbons (Fsp3) is 0.944. The Hall–Kier alpha value is -0.590. The van der Waals surface area contributed by atoms with E-state index >= 15 is 0 Å². The molecule has 1 aliphatic carbocycles. The van der Waals surface area contributed by atoms with Crippen LogP contribution in [0, 0.1) is 17.2 Å². The van der Waals surface area contributed by atoms with Gasteiger partial charge in [0, 0.05) is 6.04 Å². The molecule has 1 fully saturated rings. The standard InChI is InChI=1S/C18H35N3/c1-5-16-9-11-17(12-10-16)21(4)14-8-7-13-18(3,15-19)20-6-2/h16-17,20H,5-14H2,1-4H3. The molecule has 1 N–H and O–H groups in total. The largest absolute Gasteiger partial charge is 0.303 e. The maximum Gasteiger partial charge on any atom is 0.103 e. The number of unbranched alkanes of at least 4 members (excludes halogenated alkanes) is 1. The summed E-state index contributed by atoms with van der Waals surface area (Å²) in [6.07, 6.45) is 10.2. The summed E-state index contributed by atoms with van der Waals surface area (Å²) in [7, 11) is 2.28. The van der Waals surface area contributed by atoms with E-state index in [4.69, 9.17) is 0 Å². The summed E-state index contributed by atoms with van der Waals surface area (Å²) in [5.41, 5.74) is -0.341. The minimum Gasteiger partial charge on any atom is -0.303 e. The van der Waals surface area contributed by atoms with Gasteiger partial charge in [-0.3, -0.25) is 5.32 Å². The van der Waals surface area contributed by atoms with Crippen LogP contribution in [0.2, 0.25) is 0 Å². The highest BCUT2D eigenvalue weighted by atomic mass is 15.1. The summed E-state index contributed by atoms with van der Waals surface area (Å²) in [6, 6.07) is 3.21. The lowest BCUT2D eigenvalue weighted by Gasteiger charge is -2.34. The minimum absolute atomic E-state index is 0.341. The van der Waals surface area contributed by atoms with E-state index in [1.54, 1.807) is 0 Å². The van der Waals surface area contributed by atoms with Crippen LogP contribution in [0.15, 0.2) is 0 Å². The highest BCUT2D eigenvalue weighted by molar-refractivity contribution is 5.03. The number of nitrogens with zero attached hydrogens (tertiary/aromatic N) is 2. The van der Waals surface area contributed by atoms with Crippen LogP contribution in [0.25, 0.3) is 0 Å². The molecule has 0 bridgehead atoms. The fourth-order valence-corrected chi connectivity index (χ4v) is 3.59. The van der Waals surface area contributed by atoms with Crippen molar-refractivity contribution < 1.29 is 0 Å². The first-order valence-electron chi connectivity index (χ1n) is 8.91. The van der Waals surface area contributed by atoms with Crippen molar-refractivity contribution >= 4 is 0 Å². The molecule has 1 unspecified atom stereocenters. The summed E-state index contributed by atoms with van der Waals surface area (Å²) in [5.74, 6) is 0.978. The van der Waals surface area contributed by atoms with Crippen LogP contribution in [-0.2, 0) is 0 Å². The van der Waals surface area contributed by atoms with Crippen molar-refractivity contribution in [3.8, 4) is 6.07 Å². The zero-order valence-corrected chi connectivity index (χ0v) is 14.6. The molecule has 1 atom stereocenters. The van der Waals surface area contributed by atoms with Crippen LogP contribution in [0.4, 0.5) is 0 Å². The van der Waals surface area contributed by atoms with Crippen LogP contribution in [0.5, 0.6) is 0 Å². The number of rotatable bonds is 9. The Kier molecular flexibility index (Phi) is 8.29. The second kappa shape index (κ2) is 9.43. The molecule has 0 aliphatic heterocycles. The summed E-state index contributed by atoms with van der Waals surface area (Å²) in [6.45, 7) is 8.45. The van der Waals surface area contributed by atoms with E-state index in [2.05, 4.69) is 37.2 Å². The van der Waals surface area contributed by atoms with Gasteiger partial charge in [0.2, 0.25) is 0 Å². The molecule has 0 heterocycles. The highest BCUT2D eigenvalue weighted by Crippen LogP contribution is 2.29. The summed E-state index contributed by atoms with van der Waals surface area (Å²) < 4.78 is 0. The molecule has 1 aliphatic rings. The molecular formula is C18H35N3. The molecule has 1 rings (SSSR count). The van der Waals surface area contributed by atoms with Crippen LogP contribution >= 0.6 is 0 Å². The van der Waals surface area contributed by atoms with Gasteiger partial charge in [-0.1, -0.05) is 20.3 Å². The van der Waals surface area contributed by atoms with E-state index in [9.17, 15) is 5.26 Å². The van der Waals surface area contributed by atoms with Gasteiger partial charge in [-0.25, -0.2) is 0 Å². The Bertz CT molecular complexity index is 315. The second-order valence-electron chi connectivity index (χ2n) is 6.99. The molecule has 0 aromatic carbocycles. The van der Waals surface area contributed by atoms with E-state index in [0.717, 1.165) is 31.3 Å². The van der Waals surface area contributed by atoms with Crippen molar-refractivity contribution in [3.63, 3.8) is 0 Å². The molecular weight excluding hydrogens is 258 g/mol. The van der Waals surface area contributed by atoms with Crippen molar-refractivity contribution in [1.29, 1.82) is 5.26 Å². The molecule has 0 aromatic heterocycles. The molecule has 0 spiro atoms. The van der Waals surface area contributed by atoms with Crippen molar-refractivity contribution in [2.75, 3.05) is 20.1 Å². The van der Waals surface area contributed by atoms with Crippen molar-refractivity contribution in [3.05, 3.63) is 0 Å². The Balaban J connectivity index is 2.19. The average molecular weight is 293 g/mol. The van der Waals surface area contributed by atoms with Gasteiger partial charge in [0.25, 0.3) is 0 Å². The number of hydrogen-bond donors (Lipinski definition) is 1.